The fourth-order valence-corrected chi connectivity index (χ4v) is 0.930. The van der Waals surface area contributed by atoms with Crippen LogP contribution >= 0.6 is 0 Å². The van der Waals surface area contributed by atoms with Gasteiger partial charge < -0.3 is 9.73 Å². The summed E-state index contributed by atoms with van der Waals surface area (Å²) in [5.74, 6) is -0.719. The van der Waals surface area contributed by atoms with Crippen LogP contribution in [-0.2, 0) is 9.63 Å². The van der Waals surface area contributed by atoms with Crippen molar-refractivity contribution in [2.75, 3.05) is 7.11 Å². The fraction of sp³-hybridized carbons (Fsp3) is 0.333. The average Bonchev–Trinajstić information content (AvgIpc) is 2.70. The molecule has 0 aliphatic carbocycles. The highest BCUT2D eigenvalue weighted by Crippen LogP contribution is 1.99. The summed E-state index contributed by atoms with van der Waals surface area (Å²) in [6, 6.07) is 2.41. The number of carbonyl (C=O) groups is 2. The van der Waals surface area contributed by atoms with E-state index in [1.165, 1.54) is 26.4 Å². The molecule has 1 rings (SSSR count). The Morgan fingerprint density at radius 3 is 2.80 bits per heavy atom. The van der Waals surface area contributed by atoms with Crippen LogP contribution in [0.4, 0.5) is 0 Å². The van der Waals surface area contributed by atoms with E-state index in [2.05, 4.69) is 15.6 Å². The molecule has 6 nitrogen and oxygen atoms in total. The lowest BCUT2D eigenvalue weighted by molar-refractivity contribution is -0.132. The molecule has 1 aromatic rings. The molecule has 15 heavy (non-hydrogen) atoms. The molecule has 6 heteroatoms. The third kappa shape index (κ3) is 3.10. The van der Waals surface area contributed by atoms with Crippen molar-refractivity contribution in [3.8, 4) is 0 Å². The third-order valence-electron chi connectivity index (χ3n) is 1.69. The number of nitrogens with one attached hydrogen (secondary N) is 2. The quantitative estimate of drug-likeness (QED) is 0.692. The standard InChI is InChI=1S/C9H12N2O4/c1-6(8(12)11-14-2)10-9(13)7-4-3-5-15-7/h3-6H,1-2H3,(H,10,13)(H,11,12). The van der Waals surface area contributed by atoms with Gasteiger partial charge in [-0.1, -0.05) is 0 Å². The maximum atomic E-state index is 11.4. The van der Waals surface area contributed by atoms with E-state index in [4.69, 9.17) is 4.42 Å². The highest BCUT2D eigenvalue weighted by Gasteiger charge is 2.17. The van der Waals surface area contributed by atoms with Crippen molar-refractivity contribution in [1.29, 1.82) is 0 Å². The predicted molar refractivity (Wildman–Crippen MR) is 50.8 cm³/mol. The molecule has 0 fully saturated rings. The molecule has 0 aliphatic rings. The Labute approximate surface area is 86.5 Å². The molecule has 0 saturated carbocycles. The van der Waals surface area contributed by atoms with Gasteiger partial charge in [-0.25, -0.2) is 5.48 Å². The summed E-state index contributed by atoms with van der Waals surface area (Å²) in [6.45, 7) is 1.54. The monoisotopic (exact) mass is 212 g/mol. The van der Waals surface area contributed by atoms with Gasteiger partial charge >= 0.3 is 0 Å². The first-order valence-electron chi connectivity index (χ1n) is 4.32. The summed E-state index contributed by atoms with van der Waals surface area (Å²) in [6.07, 6.45) is 1.38. The van der Waals surface area contributed by atoms with E-state index >= 15 is 0 Å². The lowest BCUT2D eigenvalue weighted by atomic mass is 10.3. The molecule has 1 heterocycles. The van der Waals surface area contributed by atoms with Gasteiger partial charge in [0, 0.05) is 0 Å². The summed E-state index contributed by atoms with van der Waals surface area (Å²) >= 11 is 0. The average molecular weight is 212 g/mol. The Balaban J connectivity index is 2.48. The number of furan rings is 1. The van der Waals surface area contributed by atoms with E-state index < -0.39 is 17.9 Å². The Bertz CT molecular complexity index is 334. The van der Waals surface area contributed by atoms with E-state index in [0.29, 0.717) is 0 Å². The number of hydrogen-bond acceptors (Lipinski definition) is 4. The SMILES string of the molecule is CONC(=O)C(C)NC(=O)c1ccco1. The molecule has 0 spiro atoms. The van der Waals surface area contributed by atoms with Crippen molar-refractivity contribution in [2.45, 2.75) is 13.0 Å². The topological polar surface area (TPSA) is 80.6 Å². The van der Waals surface area contributed by atoms with Crippen LogP contribution in [0.15, 0.2) is 22.8 Å². The zero-order valence-electron chi connectivity index (χ0n) is 8.44. The normalized spacial score (nSPS) is 11.9. The molecular weight excluding hydrogens is 200 g/mol. The van der Waals surface area contributed by atoms with E-state index in [9.17, 15) is 9.59 Å². The van der Waals surface area contributed by atoms with Crippen molar-refractivity contribution in [1.82, 2.24) is 10.8 Å². The second kappa shape index (κ2) is 5.16. The molecule has 2 N–H and O–H groups in total. The van der Waals surface area contributed by atoms with Gasteiger partial charge in [0.25, 0.3) is 11.8 Å². The summed E-state index contributed by atoms with van der Waals surface area (Å²) in [7, 11) is 1.32. The van der Waals surface area contributed by atoms with Crippen LogP contribution in [-0.4, -0.2) is 25.0 Å². The Kier molecular flexibility index (Phi) is 3.87. The second-order valence-corrected chi connectivity index (χ2v) is 2.84. The van der Waals surface area contributed by atoms with Crippen molar-refractivity contribution in [3.63, 3.8) is 0 Å². The van der Waals surface area contributed by atoms with Crippen LogP contribution in [0, 0.1) is 0 Å². The molecule has 1 aromatic heterocycles. The number of hydrogen-bond donors (Lipinski definition) is 2. The lowest BCUT2D eigenvalue weighted by Crippen LogP contribution is -2.44. The predicted octanol–water partition coefficient (Wildman–Crippen LogP) is 0.0755. The van der Waals surface area contributed by atoms with Gasteiger partial charge in [-0.2, -0.15) is 0 Å². The largest absolute Gasteiger partial charge is 0.459 e. The molecule has 0 aliphatic heterocycles. The van der Waals surface area contributed by atoms with Crippen LogP contribution in [0.25, 0.3) is 0 Å². The zero-order chi connectivity index (χ0) is 11.3. The molecule has 0 bridgehead atoms. The first-order valence-corrected chi connectivity index (χ1v) is 4.32. The summed E-state index contributed by atoms with van der Waals surface area (Å²) in [4.78, 5) is 27.0. The summed E-state index contributed by atoms with van der Waals surface area (Å²) in [5.41, 5.74) is 2.11. The van der Waals surface area contributed by atoms with Gasteiger partial charge in [-0.15, -0.1) is 0 Å². The van der Waals surface area contributed by atoms with E-state index in [1.54, 1.807) is 6.07 Å². The van der Waals surface area contributed by atoms with Crippen molar-refractivity contribution < 1.29 is 18.8 Å². The fourth-order valence-electron chi connectivity index (χ4n) is 0.930. The molecular formula is C9H12N2O4. The van der Waals surface area contributed by atoms with Crippen LogP contribution in [0.5, 0.6) is 0 Å². The minimum absolute atomic E-state index is 0.159. The maximum Gasteiger partial charge on any atom is 0.287 e. The molecule has 1 atom stereocenters. The maximum absolute atomic E-state index is 11.4. The van der Waals surface area contributed by atoms with Gasteiger partial charge in [0.2, 0.25) is 0 Å². The van der Waals surface area contributed by atoms with E-state index in [1.807, 2.05) is 0 Å². The van der Waals surface area contributed by atoms with Crippen LogP contribution in [0.1, 0.15) is 17.5 Å². The first-order chi connectivity index (χ1) is 7.15. The second-order valence-electron chi connectivity index (χ2n) is 2.84. The van der Waals surface area contributed by atoms with Crippen molar-refractivity contribution in [3.05, 3.63) is 24.2 Å². The number of hydroxylamine groups is 1. The highest BCUT2D eigenvalue weighted by atomic mass is 16.6. The minimum Gasteiger partial charge on any atom is -0.459 e. The van der Waals surface area contributed by atoms with Crippen LogP contribution in [0.3, 0.4) is 0 Å². The molecule has 2 amide bonds. The van der Waals surface area contributed by atoms with E-state index in [0.717, 1.165) is 0 Å². The van der Waals surface area contributed by atoms with Gasteiger partial charge in [-0.3, -0.25) is 14.4 Å². The summed E-state index contributed by atoms with van der Waals surface area (Å²) in [5, 5.41) is 2.44. The molecule has 0 aromatic carbocycles. The van der Waals surface area contributed by atoms with E-state index in [-0.39, 0.29) is 5.76 Å². The zero-order valence-corrected chi connectivity index (χ0v) is 8.44. The smallest absolute Gasteiger partial charge is 0.287 e. The van der Waals surface area contributed by atoms with Gasteiger partial charge in [0.15, 0.2) is 5.76 Å². The van der Waals surface area contributed by atoms with Gasteiger partial charge in [0.1, 0.15) is 6.04 Å². The minimum atomic E-state index is -0.692. The number of carbonyl (C=O) groups excluding carboxylic acids is 2. The number of amides is 2. The lowest BCUT2D eigenvalue weighted by Gasteiger charge is -2.11. The van der Waals surface area contributed by atoms with Gasteiger partial charge in [0.05, 0.1) is 13.4 Å². The molecule has 1 unspecified atom stereocenters. The van der Waals surface area contributed by atoms with Crippen LogP contribution < -0.4 is 10.8 Å². The van der Waals surface area contributed by atoms with Crippen LogP contribution in [0.2, 0.25) is 0 Å². The Morgan fingerprint density at radius 1 is 1.53 bits per heavy atom. The first kappa shape index (κ1) is 11.3. The molecule has 0 saturated heterocycles. The summed E-state index contributed by atoms with van der Waals surface area (Å²) < 4.78 is 4.86. The third-order valence-corrected chi connectivity index (χ3v) is 1.69. The van der Waals surface area contributed by atoms with Crippen molar-refractivity contribution >= 4 is 11.8 Å². The highest BCUT2D eigenvalue weighted by molar-refractivity contribution is 5.95. The molecule has 0 radical (unpaired) electrons. The Morgan fingerprint density at radius 2 is 2.27 bits per heavy atom. The van der Waals surface area contributed by atoms with Crippen molar-refractivity contribution in [2.24, 2.45) is 0 Å². The van der Waals surface area contributed by atoms with Gasteiger partial charge in [-0.05, 0) is 19.1 Å². The molecule has 82 valence electrons. The number of rotatable bonds is 4. The Hall–Kier alpha value is -1.82.